The van der Waals surface area contributed by atoms with Crippen LogP contribution in [0.3, 0.4) is 0 Å². The number of aromatic nitrogens is 1. The maximum absolute atomic E-state index is 12.3. The second kappa shape index (κ2) is 10.2. The number of ether oxygens (including phenoxy) is 1. The van der Waals surface area contributed by atoms with Crippen molar-refractivity contribution < 1.29 is 9.53 Å². The summed E-state index contributed by atoms with van der Waals surface area (Å²) in [5.74, 6) is 0.505. The first-order valence-electron chi connectivity index (χ1n) is 10.3. The summed E-state index contributed by atoms with van der Waals surface area (Å²) in [6, 6.07) is 10.2. The normalized spacial score (nSPS) is 17.8. The van der Waals surface area contributed by atoms with Crippen molar-refractivity contribution in [2.45, 2.75) is 32.9 Å². The summed E-state index contributed by atoms with van der Waals surface area (Å²) in [6.07, 6.45) is 5.91. The average molecular weight is 395 g/mol. The highest BCUT2D eigenvalue weighted by molar-refractivity contribution is 5.96. The molecule has 1 fully saturated rings. The molecule has 1 aliphatic rings. The lowest BCUT2D eigenvalue weighted by molar-refractivity contribution is -0.117. The van der Waals surface area contributed by atoms with E-state index in [2.05, 4.69) is 34.7 Å². The van der Waals surface area contributed by atoms with Crippen LogP contribution >= 0.6 is 0 Å². The molecule has 1 N–H and O–H groups in total. The van der Waals surface area contributed by atoms with E-state index in [9.17, 15) is 4.79 Å². The highest BCUT2D eigenvalue weighted by Gasteiger charge is 2.21. The first kappa shape index (κ1) is 21.1. The topological polar surface area (TPSA) is 70.3 Å². The highest BCUT2D eigenvalue weighted by atomic mass is 16.5. The van der Waals surface area contributed by atoms with Crippen LogP contribution in [0.1, 0.15) is 25.8 Å². The lowest BCUT2D eigenvalue weighted by Crippen LogP contribution is -2.48. The van der Waals surface area contributed by atoms with E-state index in [1.165, 1.54) is 0 Å². The van der Waals surface area contributed by atoms with Crippen molar-refractivity contribution in [3.63, 3.8) is 0 Å². The van der Waals surface area contributed by atoms with Crippen LogP contribution in [0, 0.1) is 17.2 Å². The molecule has 0 aliphatic carbocycles. The zero-order chi connectivity index (χ0) is 20.6. The van der Waals surface area contributed by atoms with Crippen LogP contribution in [0.25, 0.3) is 17.0 Å². The lowest BCUT2D eigenvalue weighted by Gasteiger charge is -2.33. The standard InChI is InChI=1S/C23H30N4O2/c1-18(2)15-26-12-13-29-20(17-26)14-25-23(28)9-8-19-16-27(11-5-10-24)22-7-4-3-6-21(19)22/h3-4,6-9,16,18,20H,5,11-15,17H2,1-2H3,(H,25,28)/b9-8+. The van der Waals surface area contributed by atoms with E-state index in [1.54, 1.807) is 6.08 Å². The summed E-state index contributed by atoms with van der Waals surface area (Å²) < 4.78 is 7.86. The van der Waals surface area contributed by atoms with Gasteiger partial charge in [-0.15, -0.1) is 0 Å². The molecule has 3 rings (SSSR count). The molecule has 0 bridgehead atoms. The van der Waals surface area contributed by atoms with Crippen molar-refractivity contribution in [1.82, 2.24) is 14.8 Å². The Morgan fingerprint density at radius 1 is 1.41 bits per heavy atom. The Morgan fingerprint density at radius 3 is 3.03 bits per heavy atom. The van der Waals surface area contributed by atoms with Crippen molar-refractivity contribution in [1.29, 1.82) is 5.26 Å². The van der Waals surface area contributed by atoms with Crippen LogP contribution in [0.15, 0.2) is 36.5 Å². The second-order valence-electron chi connectivity index (χ2n) is 7.93. The molecule has 29 heavy (non-hydrogen) atoms. The molecule has 6 nitrogen and oxygen atoms in total. The molecule has 1 amide bonds. The van der Waals surface area contributed by atoms with Crippen molar-refractivity contribution in [3.8, 4) is 6.07 Å². The van der Waals surface area contributed by atoms with Gasteiger partial charge in [-0.25, -0.2) is 0 Å². The SMILES string of the molecule is CC(C)CN1CCOC(CNC(=O)/C=C/c2cn(CCC#N)c3ccccc23)C1. The molecule has 0 saturated carbocycles. The van der Waals surface area contributed by atoms with Crippen molar-refractivity contribution in [2.24, 2.45) is 5.92 Å². The van der Waals surface area contributed by atoms with Gasteiger partial charge < -0.3 is 14.6 Å². The van der Waals surface area contributed by atoms with E-state index in [1.807, 2.05) is 36.5 Å². The van der Waals surface area contributed by atoms with Gasteiger partial charge in [-0.3, -0.25) is 9.69 Å². The van der Waals surface area contributed by atoms with Gasteiger partial charge in [-0.1, -0.05) is 32.0 Å². The monoisotopic (exact) mass is 394 g/mol. The number of hydrogen-bond acceptors (Lipinski definition) is 4. The van der Waals surface area contributed by atoms with Gasteiger partial charge in [0.2, 0.25) is 5.91 Å². The van der Waals surface area contributed by atoms with Gasteiger partial charge in [0.15, 0.2) is 0 Å². The third kappa shape index (κ3) is 5.93. The van der Waals surface area contributed by atoms with E-state index >= 15 is 0 Å². The molecule has 2 aromatic rings. The predicted octanol–water partition coefficient (Wildman–Crippen LogP) is 3.04. The average Bonchev–Trinajstić information content (AvgIpc) is 3.07. The molecule has 1 unspecified atom stereocenters. The molecule has 154 valence electrons. The summed E-state index contributed by atoms with van der Waals surface area (Å²) in [4.78, 5) is 14.7. The number of aryl methyl sites for hydroxylation is 1. The number of amides is 1. The first-order chi connectivity index (χ1) is 14.1. The Morgan fingerprint density at radius 2 is 2.24 bits per heavy atom. The summed E-state index contributed by atoms with van der Waals surface area (Å²) in [7, 11) is 0. The summed E-state index contributed by atoms with van der Waals surface area (Å²) in [6.45, 7) is 9.18. The number of carbonyl (C=O) groups excluding carboxylic acids is 1. The molecule has 0 spiro atoms. The highest BCUT2D eigenvalue weighted by Crippen LogP contribution is 2.22. The maximum Gasteiger partial charge on any atom is 0.244 e. The van der Waals surface area contributed by atoms with Crippen LogP contribution in [0.2, 0.25) is 0 Å². The van der Waals surface area contributed by atoms with E-state index in [4.69, 9.17) is 10.00 Å². The number of hydrogen-bond donors (Lipinski definition) is 1. The molecule has 1 atom stereocenters. The molecule has 1 aliphatic heterocycles. The number of benzene rings is 1. The molecule has 0 radical (unpaired) electrons. The summed E-state index contributed by atoms with van der Waals surface area (Å²) in [5.41, 5.74) is 2.05. The minimum atomic E-state index is -0.122. The van der Waals surface area contributed by atoms with E-state index in [-0.39, 0.29) is 12.0 Å². The number of para-hydroxylation sites is 1. The first-order valence-corrected chi connectivity index (χ1v) is 10.3. The van der Waals surface area contributed by atoms with Gasteiger partial charge >= 0.3 is 0 Å². The Kier molecular flexibility index (Phi) is 7.45. The van der Waals surface area contributed by atoms with Crippen LogP contribution in [-0.4, -0.2) is 54.3 Å². The molecule has 1 saturated heterocycles. The van der Waals surface area contributed by atoms with Crippen LogP contribution in [0.5, 0.6) is 0 Å². The molecule has 2 heterocycles. The third-order valence-electron chi connectivity index (χ3n) is 5.05. The number of nitrogens with zero attached hydrogens (tertiary/aromatic N) is 3. The van der Waals surface area contributed by atoms with Crippen LogP contribution in [-0.2, 0) is 16.1 Å². The maximum atomic E-state index is 12.3. The minimum Gasteiger partial charge on any atom is -0.374 e. The van der Waals surface area contributed by atoms with Crippen LogP contribution < -0.4 is 5.32 Å². The van der Waals surface area contributed by atoms with Gasteiger partial charge in [-0.05, 0) is 18.1 Å². The number of rotatable bonds is 8. The number of nitriles is 1. The number of carbonyl (C=O) groups is 1. The fourth-order valence-electron chi connectivity index (χ4n) is 3.79. The number of nitrogens with one attached hydrogen (secondary N) is 1. The largest absolute Gasteiger partial charge is 0.374 e. The summed E-state index contributed by atoms with van der Waals surface area (Å²) in [5, 5.41) is 12.9. The van der Waals surface area contributed by atoms with E-state index in [0.29, 0.717) is 32.0 Å². The smallest absolute Gasteiger partial charge is 0.244 e. The fourth-order valence-corrected chi connectivity index (χ4v) is 3.79. The lowest BCUT2D eigenvalue weighted by atomic mass is 10.1. The molecular weight excluding hydrogens is 364 g/mol. The van der Waals surface area contributed by atoms with E-state index in [0.717, 1.165) is 36.1 Å². The Hall–Kier alpha value is -2.62. The van der Waals surface area contributed by atoms with Gasteiger partial charge in [0.05, 0.1) is 25.2 Å². The Balaban J connectivity index is 1.57. The van der Waals surface area contributed by atoms with Gasteiger partial charge in [0, 0.05) is 61.5 Å². The van der Waals surface area contributed by atoms with Crippen LogP contribution in [0.4, 0.5) is 0 Å². The molecular formula is C23H30N4O2. The molecule has 1 aromatic carbocycles. The Labute approximate surface area is 172 Å². The molecule has 6 heteroatoms. The zero-order valence-corrected chi connectivity index (χ0v) is 17.3. The number of morpholine rings is 1. The minimum absolute atomic E-state index is 0.0349. The van der Waals surface area contributed by atoms with Gasteiger partial charge in [-0.2, -0.15) is 5.26 Å². The Bertz CT molecular complexity index is 894. The fraction of sp³-hybridized carbons (Fsp3) is 0.478. The quantitative estimate of drug-likeness (QED) is 0.699. The van der Waals surface area contributed by atoms with Crippen molar-refractivity contribution in [2.75, 3.05) is 32.8 Å². The predicted molar refractivity (Wildman–Crippen MR) is 115 cm³/mol. The van der Waals surface area contributed by atoms with Crippen molar-refractivity contribution >= 4 is 22.9 Å². The molecule has 1 aromatic heterocycles. The van der Waals surface area contributed by atoms with Gasteiger partial charge in [0.1, 0.15) is 0 Å². The summed E-state index contributed by atoms with van der Waals surface area (Å²) >= 11 is 0. The number of fused-ring (bicyclic) bond motifs is 1. The van der Waals surface area contributed by atoms with Gasteiger partial charge in [0.25, 0.3) is 0 Å². The third-order valence-corrected chi connectivity index (χ3v) is 5.05. The zero-order valence-electron chi connectivity index (χ0n) is 17.3. The van der Waals surface area contributed by atoms with Crippen molar-refractivity contribution in [3.05, 3.63) is 42.1 Å². The second-order valence-corrected chi connectivity index (χ2v) is 7.93. The van der Waals surface area contributed by atoms with E-state index < -0.39 is 0 Å².